The third-order valence-electron chi connectivity index (χ3n) is 1.86. The monoisotopic (exact) mass is 224 g/mol. The molecule has 0 fully saturated rings. The molecule has 0 amide bonds. The third-order valence-corrected chi connectivity index (χ3v) is 1.86. The minimum absolute atomic E-state index is 0.0147. The van der Waals surface area contributed by atoms with Crippen molar-refractivity contribution in [3.63, 3.8) is 0 Å². The second-order valence-corrected chi connectivity index (χ2v) is 2.97. The zero-order valence-electron chi connectivity index (χ0n) is 8.86. The molecule has 0 aromatic carbocycles. The molecule has 1 rings (SSSR count). The van der Waals surface area contributed by atoms with Crippen LogP contribution in [0.5, 0.6) is 0 Å². The fourth-order valence-electron chi connectivity index (χ4n) is 1.20. The molecule has 0 aromatic rings. The van der Waals surface area contributed by atoms with Gasteiger partial charge in [-0.05, 0) is 13.3 Å². The summed E-state index contributed by atoms with van der Waals surface area (Å²) in [5, 5.41) is 9.37. The quantitative estimate of drug-likeness (QED) is 0.443. The van der Waals surface area contributed by atoms with Crippen LogP contribution in [0.1, 0.15) is 13.3 Å². The van der Waals surface area contributed by atoms with Crippen LogP contribution < -0.4 is 0 Å². The standard InChI is InChI=1S/C11H12O5/c1-3-5-7-8(6-9(12)15-4-2)16-11(14)10(7)13/h3,6,13H,1,4-5H2,2H3/b8-6-. The lowest BCUT2D eigenvalue weighted by Gasteiger charge is -2.00. The van der Waals surface area contributed by atoms with E-state index in [1.807, 2.05) is 0 Å². The number of carbonyl (C=O) groups is 2. The molecule has 1 aliphatic heterocycles. The van der Waals surface area contributed by atoms with Crippen LogP contribution in [0, 0.1) is 0 Å². The molecule has 0 aromatic heterocycles. The van der Waals surface area contributed by atoms with Crippen molar-refractivity contribution in [3.8, 4) is 0 Å². The van der Waals surface area contributed by atoms with E-state index in [0.29, 0.717) is 0 Å². The van der Waals surface area contributed by atoms with Gasteiger partial charge >= 0.3 is 11.9 Å². The molecule has 0 saturated heterocycles. The fourth-order valence-corrected chi connectivity index (χ4v) is 1.20. The topological polar surface area (TPSA) is 72.8 Å². The summed E-state index contributed by atoms with van der Waals surface area (Å²) in [6.45, 7) is 5.37. The molecule has 0 radical (unpaired) electrons. The molecule has 1 heterocycles. The van der Waals surface area contributed by atoms with Crippen molar-refractivity contribution in [2.24, 2.45) is 0 Å². The van der Waals surface area contributed by atoms with E-state index in [4.69, 9.17) is 4.74 Å². The van der Waals surface area contributed by atoms with Gasteiger partial charge < -0.3 is 14.6 Å². The number of rotatable bonds is 4. The Labute approximate surface area is 92.7 Å². The van der Waals surface area contributed by atoms with Gasteiger partial charge in [-0.2, -0.15) is 0 Å². The Morgan fingerprint density at radius 2 is 2.31 bits per heavy atom. The van der Waals surface area contributed by atoms with E-state index in [1.165, 1.54) is 6.08 Å². The lowest BCUT2D eigenvalue weighted by atomic mass is 10.1. The first kappa shape index (κ1) is 12.0. The number of cyclic esters (lactones) is 1. The maximum atomic E-state index is 11.1. The first-order chi connectivity index (χ1) is 7.60. The lowest BCUT2D eigenvalue weighted by molar-refractivity contribution is -0.137. The zero-order valence-corrected chi connectivity index (χ0v) is 8.86. The predicted octanol–water partition coefficient (Wildman–Crippen LogP) is 1.38. The Morgan fingerprint density at radius 3 is 2.88 bits per heavy atom. The number of esters is 2. The van der Waals surface area contributed by atoms with Crippen LogP contribution in [0.3, 0.4) is 0 Å². The predicted molar refractivity (Wildman–Crippen MR) is 55.3 cm³/mol. The number of aliphatic hydroxyl groups excluding tert-OH is 1. The Morgan fingerprint density at radius 1 is 1.62 bits per heavy atom. The molecule has 5 nitrogen and oxygen atoms in total. The van der Waals surface area contributed by atoms with E-state index >= 15 is 0 Å². The van der Waals surface area contributed by atoms with E-state index in [1.54, 1.807) is 6.92 Å². The number of carbonyl (C=O) groups excluding carboxylic acids is 2. The Kier molecular flexibility index (Phi) is 3.88. The van der Waals surface area contributed by atoms with Gasteiger partial charge in [-0.3, -0.25) is 0 Å². The largest absolute Gasteiger partial charge is 0.502 e. The second-order valence-electron chi connectivity index (χ2n) is 2.97. The maximum Gasteiger partial charge on any atom is 0.379 e. The maximum absolute atomic E-state index is 11.1. The minimum atomic E-state index is -0.868. The van der Waals surface area contributed by atoms with Gasteiger partial charge in [-0.15, -0.1) is 6.58 Å². The lowest BCUT2D eigenvalue weighted by Crippen LogP contribution is -2.02. The summed E-state index contributed by atoms with van der Waals surface area (Å²) in [6, 6.07) is 0. The van der Waals surface area contributed by atoms with Crippen molar-refractivity contribution < 1.29 is 24.2 Å². The highest BCUT2D eigenvalue weighted by molar-refractivity contribution is 5.94. The molecule has 0 spiro atoms. The van der Waals surface area contributed by atoms with E-state index in [2.05, 4.69) is 11.3 Å². The summed E-state index contributed by atoms with van der Waals surface area (Å²) < 4.78 is 9.37. The van der Waals surface area contributed by atoms with Crippen LogP contribution in [0.15, 0.2) is 35.8 Å². The van der Waals surface area contributed by atoms with Gasteiger partial charge in [0.15, 0.2) is 0 Å². The van der Waals surface area contributed by atoms with Crippen molar-refractivity contribution >= 4 is 11.9 Å². The molecule has 0 bridgehead atoms. The van der Waals surface area contributed by atoms with Crippen LogP contribution in [0.4, 0.5) is 0 Å². The first-order valence-corrected chi connectivity index (χ1v) is 4.74. The summed E-state index contributed by atoms with van der Waals surface area (Å²) >= 11 is 0. The highest BCUT2D eigenvalue weighted by Gasteiger charge is 2.29. The molecular formula is C11H12O5. The zero-order chi connectivity index (χ0) is 12.1. The van der Waals surface area contributed by atoms with Crippen LogP contribution in [0.2, 0.25) is 0 Å². The highest BCUT2D eigenvalue weighted by Crippen LogP contribution is 2.27. The third kappa shape index (κ3) is 2.50. The summed E-state index contributed by atoms with van der Waals surface area (Å²) in [4.78, 5) is 22.2. The van der Waals surface area contributed by atoms with E-state index in [-0.39, 0.29) is 24.4 Å². The van der Waals surface area contributed by atoms with E-state index in [9.17, 15) is 14.7 Å². The van der Waals surface area contributed by atoms with Crippen LogP contribution in [-0.4, -0.2) is 23.7 Å². The SMILES string of the molecule is C=CCC1=C(O)C(=O)O/C1=C\C(=O)OCC. The smallest absolute Gasteiger partial charge is 0.379 e. The molecule has 16 heavy (non-hydrogen) atoms. The van der Waals surface area contributed by atoms with Crippen molar-refractivity contribution in [1.29, 1.82) is 0 Å². The average Bonchev–Trinajstić information content (AvgIpc) is 2.47. The molecule has 86 valence electrons. The molecule has 1 N–H and O–H groups in total. The number of ether oxygens (including phenoxy) is 2. The summed E-state index contributed by atoms with van der Waals surface area (Å²) in [5.41, 5.74) is 0.244. The van der Waals surface area contributed by atoms with Gasteiger partial charge in [-0.25, -0.2) is 9.59 Å². The van der Waals surface area contributed by atoms with Crippen LogP contribution >= 0.6 is 0 Å². The highest BCUT2D eigenvalue weighted by atomic mass is 16.6. The summed E-state index contributed by atoms with van der Waals surface area (Å²) in [6.07, 6.45) is 2.76. The molecule has 0 saturated carbocycles. The van der Waals surface area contributed by atoms with Crippen molar-refractivity contribution in [1.82, 2.24) is 0 Å². The van der Waals surface area contributed by atoms with Gasteiger partial charge in [0, 0.05) is 5.57 Å². The Bertz CT molecular complexity index is 389. The number of aliphatic hydroxyl groups is 1. The van der Waals surface area contributed by atoms with Gasteiger partial charge in [-0.1, -0.05) is 6.08 Å². The van der Waals surface area contributed by atoms with Gasteiger partial charge in [0.25, 0.3) is 0 Å². The molecular weight excluding hydrogens is 212 g/mol. The van der Waals surface area contributed by atoms with Crippen molar-refractivity contribution in [3.05, 3.63) is 35.8 Å². The fraction of sp³-hybridized carbons (Fsp3) is 0.273. The average molecular weight is 224 g/mol. The van der Waals surface area contributed by atoms with Gasteiger partial charge in [0.2, 0.25) is 5.76 Å². The second kappa shape index (κ2) is 5.16. The van der Waals surface area contributed by atoms with Gasteiger partial charge in [0.1, 0.15) is 5.76 Å². The van der Waals surface area contributed by atoms with E-state index < -0.39 is 17.7 Å². The first-order valence-electron chi connectivity index (χ1n) is 4.74. The van der Waals surface area contributed by atoms with E-state index in [0.717, 1.165) is 6.08 Å². The van der Waals surface area contributed by atoms with Crippen LogP contribution in [-0.2, 0) is 19.1 Å². The van der Waals surface area contributed by atoms with Gasteiger partial charge in [0.05, 0.1) is 12.7 Å². The number of hydrogen-bond acceptors (Lipinski definition) is 5. The molecule has 1 aliphatic rings. The summed E-state index contributed by atoms with van der Waals surface area (Å²) in [5.74, 6) is -1.97. The number of allylic oxidation sites excluding steroid dienone is 2. The Hall–Kier alpha value is -2.04. The summed E-state index contributed by atoms with van der Waals surface area (Å²) in [7, 11) is 0. The van der Waals surface area contributed by atoms with Crippen molar-refractivity contribution in [2.75, 3.05) is 6.61 Å². The Balaban J connectivity index is 2.94. The molecule has 0 aliphatic carbocycles. The molecule has 0 unspecified atom stereocenters. The van der Waals surface area contributed by atoms with Crippen molar-refractivity contribution in [2.45, 2.75) is 13.3 Å². The number of hydrogen-bond donors (Lipinski definition) is 1. The normalized spacial score (nSPS) is 17.6. The molecule has 0 atom stereocenters. The van der Waals surface area contributed by atoms with Crippen LogP contribution in [0.25, 0.3) is 0 Å². The minimum Gasteiger partial charge on any atom is -0.502 e. The molecule has 5 heteroatoms.